The van der Waals surface area contributed by atoms with Gasteiger partial charge in [-0.15, -0.1) is 13.2 Å². The van der Waals surface area contributed by atoms with Crippen molar-refractivity contribution in [2.24, 2.45) is 5.41 Å². The van der Waals surface area contributed by atoms with Crippen molar-refractivity contribution in [3.63, 3.8) is 0 Å². The van der Waals surface area contributed by atoms with E-state index >= 15 is 0 Å². The van der Waals surface area contributed by atoms with Crippen LogP contribution in [0.5, 0.6) is 5.75 Å². The van der Waals surface area contributed by atoms with E-state index in [0.717, 1.165) is 75.0 Å². The highest BCUT2D eigenvalue weighted by molar-refractivity contribution is 5.86. The average molecular weight is 490 g/mol. The van der Waals surface area contributed by atoms with E-state index in [4.69, 9.17) is 0 Å². The number of likely N-dealkylation sites (tertiary alicyclic amines) is 1. The zero-order valence-electron chi connectivity index (χ0n) is 19.5. The van der Waals surface area contributed by atoms with E-state index in [1.54, 1.807) is 18.3 Å². The number of hydrogen-bond acceptors (Lipinski definition) is 5. The van der Waals surface area contributed by atoms with Crippen molar-refractivity contribution in [2.45, 2.75) is 63.5 Å². The maximum atomic E-state index is 13.5. The summed E-state index contributed by atoms with van der Waals surface area (Å²) in [5.74, 6) is 0.794. The van der Waals surface area contributed by atoms with Crippen molar-refractivity contribution in [3.8, 4) is 16.9 Å². The number of hydrogen-bond donors (Lipinski definition) is 1. The molecule has 1 atom stereocenters. The van der Waals surface area contributed by atoms with Gasteiger partial charge in [0.05, 0.1) is 11.5 Å². The summed E-state index contributed by atoms with van der Waals surface area (Å²) in [6.07, 6.45) is 2.71. The first-order chi connectivity index (χ1) is 16.7. The summed E-state index contributed by atoms with van der Waals surface area (Å²) in [4.78, 5) is 22.4. The molecule has 1 spiro atoms. The number of aromatic nitrogens is 1. The molecule has 0 unspecified atom stereocenters. The molecule has 188 valence electrons. The Morgan fingerprint density at radius 3 is 2.34 bits per heavy atom. The molecule has 9 heteroatoms. The number of halogens is 3. The van der Waals surface area contributed by atoms with Crippen LogP contribution in [0.15, 0.2) is 42.6 Å². The number of aliphatic hydroxyl groups excluding tert-OH is 1. The van der Waals surface area contributed by atoms with Crippen LogP contribution >= 0.6 is 0 Å². The van der Waals surface area contributed by atoms with Gasteiger partial charge in [-0.2, -0.15) is 0 Å². The molecule has 3 fully saturated rings. The topological polar surface area (TPSA) is 65.9 Å². The number of carbonyl (C=O) groups excluding carboxylic acids is 1. The zero-order chi connectivity index (χ0) is 24.6. The number of pyridine rings is 1. The maximum absolute atomic E-state index is 13.5. The Morgan fingerprint density at radius 2 is 1.69 bits per heavy atom. The van der Waals surface area contributed by atoms with Gasteiger partial charge < -0.3 is 19.6 Å². The lowest BCUT2D eigenvalue weighted by atomic mass is 9.78. The lowest BCUT2D eigenvalue weighted by Gasteiger charge is -2.41. The van der Waals surface area contributed by atoms with Crippen molar-refractivity contribution in [1.29, 1.82) is 0 Å². The molecule has 1 N–H and O–H groups in total. The third kappa shape index (κ3) is 5.10. The van der Waals surface area contributed by atoms with Gasteiger partial charge in [0.1, 0.15) is 11.6 Å². The maximum Gasteiger partial charge on any atom is 0.573 e. The van der Waals surface area contributed by atoms with Gasteiger partial charge in [0.2, 0.25) is 5.91 Å². The highest BCUT2D eigenvalue weighted by atomic mass is 19.4. The number of nitrogens with zero attached hydrogens (tertiary/aromatic N) is 3. The molecule has 3 aliphatic rings. The number of carbonyl (C=O) groups is 1. The number of aliphatic hydroxyl groups is 1. The number of ether oxygens (including phenoxy) is 1. The Balaban J connectivity index is 1.25. The first kappa shape index (κ1) is 23.9. The van der Waals surface area contributed by atoms with Crippen LogP contribution in [0.25, 0.3) is 11.1 Å². The molecule has 2 saturated heterocycles. The largest absolute Gasteiger partial charge is 0.573 e. The Labute approximate surface area is 202 Å². The molecule has 3 heterocycles. The lowest BCUT2D eigenvalue weighted by molar-refractivity contribution is -0.274. The molecule has 1 aliphatic carbocycles. The Hall–Kier alpha value is -2.81. The second-order valence-corrected chi connectivity index (χ2v) is 9.99. The molecular formula is C26H30F3N3O3. The van der Waals surface area contributed by atoms with Crippen LogP contribution in [0, 0.1) is 5.41 Å². The monoisotopic (exact) mass is 489 g/mol. The van der Waals surface area contributed by atoms with Gasteiger partial charge in [0, 0.05) is 37.4 Å². The van der Waals surface area contributed by atoms with Crippen LogP contribution in [0.3, 0.4) is 0 Å². The second-order valence-electron chi connectivity index (χ2n) is 9.99. The second kappa shape index (κ2) is 9.33. The number of alkyl halides is 3. The predicted molar refractivity (Wildman–Crippen MR) is 125 cm³/mol. The van der Waals surface area contributed by atoms with Crippen molar-refractivity contribution in [3.05, 3.63) is 42.6 Å². The highest BCUT2D eigenvalue weighted by Gasteiger charge is 2.50. The molecular weight excluding hydrogens is 459 g/mol. The normalized spacial score (nSPS) is 27.5. The molecule has 1 saturated carbocycles. The van der Waals surface area contributed by atoms with Crippen molar-refractivity contribution in [1.82, 2.24) is 9.88 Å². The fraction of sp³-hybridized carbons (Fsp3) is 0.538. The van der Waals surface area contributed by atoms with E-state index in [1.807, 2.05) is 12.1 Å². The fourth-order valence-corrected chi connectivity index (χ4v) is 5.86. The molecule has 0 bridgehead atoms. The van der Waals surface area contributed by atoms with Crippen LogP contribution in [-0.2, 0) is 4.79 Å². The minimum Gasteiger partial charge on any atom is -0.406 e. The first-order valence-electron chi connectivity index (χ1n) is 12.3. The smallest absolute Gasteiger partial charge is 0.406 e. The van der Waals surface area contributed by atoms with E-state index in [-0.39, 0.29) is 29.2 Å². The molecule has 1 aromatic heterocycles. The van der Waals surface area contributed by atoms with Gasteiger partial charge in [0.25, 0.3) is 0 Å². The lowest BCUT2D eigenvalue weighted by Crippen LogP contribution is -2.50. The summed E-state index contributed by atoms with van der Waals surface area (Å²) in [5.41, 5.74) is 1.16. The minimum atomic E-state index is -4.72. The number of amides is 1. The van der Waals surface area contributed by atoms with Gasteiger partial charge in [-0.25, -0.2) is 4.98 Å². The van der Waals surface area contributed by atoms with Crippen molar-refractivity contribution >= 4 is 11.7 Å². The summed E-state index contributed by atoms with van der Waals surface area (Å²) >= 11 is 0. The van der Waals surface area contributed by atoms with E-state index in [1.165, 1.54) is 12.1 Å². The molecule has 5 rings (SSSR count). The molecule has 1 amide bonds. The molecule has 35 heavy (non-hydrogen) atoms. The minimum absolute atomic E-state index is 0.233. The van der Waals surface area contributed by atoms with Crippen LogP contribution < -0.4 is 9.64 Å². The molecule has 6 nitrogen and oxygen atoms in total. The number of benzene rings is 1. The standard InChI is InChI=1S/C26H30F3N3O3/c27-26(28,29)35-22-9-2-18(3-10-22)19-4-11-23(30-16-19)31-14-1-12-25(17-31)13-15-32(24(25)34)20-5-7-21(33)8-6-20/h2-4,9-11,16,20-21,33H,1,5-8,12-15,17H2/t20?,21?,25-/m0/s1. The van der Waals surface area contributed by atoms with Gasteiger partial charge in [-0.3, -0.25) is 4.79 Å². The summed E-state index contributed by atoms with van der Waals surface area (Å²) < 4.78 is 41.1. The van der Waals surface area contributed by atoms with Crippen LogP contribution in [-0.4, -0.2) is 59.0 Å². The Kier molecular flexibility index (Phi) is 6.38. The number of piperidine rings is 1. The first-order valence-corrected chi connectivity index (χ1v) is 12.3. The molecule has 2 aromatic rings. The summed E-state index contributed by atoms with van der Waals surface area (Å²) in [7, 11) is 0. The molecule has 2 aliphatic heterocycles. The van der Waals surface area contributed by atoms with Crippen molar-refractivity contribution in [2.75, 3.05) is 24.5 Å². The average Bonchev–Trinajstić information content (AvgIpc) is 3.14. The SMILES string of the molecule is O=C1N(C2CCC(O)CC2)CC[C@]12CCCN(c1ccc(-c3ccc(OC(F)(F)F)cc3)cn1)C2. The summed E-state index contributed by atoms with van der Waals surface area (Å²) in [5, 5.41) is 9.82. The van der Waals surface area contributed by atoms with Gasteiger partial charge in [-0.1, -0.05) is 12.1 Å². The third-order valence-electron chi connectivity index (χ3n) is 7.72. The van der Waals surface area contributed by atoms with Crippen LogP contribution in [0.2, 0.25) is 0 Å². The van der Waals surface area contributed by atoms with Crippen LogP contribution in [0.1, 0.15) is 44.9 Å². The van der Waals surface area contributed by atoms with E-state index in [0.29, 0.717) is 6.54 Å². The van der Waals surface area contributed by atoms with E-state index in [2.05, 4.69) is 19.5 Å². The number of anilines is 1. The molecule has 0 radical (unpaired) electrons. The van der Waals surface area contributed by atoms with Crippen LogP contribution in [0.4, 0.5) is 19.0 Å². The van der Waals surface area contributed by atoms with E-state index < -0.39 is 6.36 Å². The quantitative estimate of drug-likeness (QED) is 0.670. The molecule has 1 aromatic carbocycles. The van der Waals surface area contributed by atoms with E-state index in [9.17, 15) is 23.1 Å². The third-order valence-corrected chi connectivity index (χ3v) is 7.72. The van der Waals surface area contributed by atoms with Gasteiger partial charge in [-0.05, 0) is 74.8 Å². The van der Waals surface area contributed by atoms with Gasteiger partial charge in [0.15, 0.2) is 0 Å². The fourth-order valence-electron chi connectivity index (χ4n) is 5.86. The Bertz CT molecular complexity index is 1040. The Morgan fingerprint density at radius 1 is 0.971 bits per heavy atom. The summed E-state index contributed by atoms with van der Waals surface area (Å²) in [6.45, 7) is 2.27. The summed E-state index contributed by atoms with van der Waals surface area (Å²) in [6, 6.07) is 9.78. The van der Waals surface area contributed by atoms with Gasteiger partial charge >= 0.3 is 6.36 Å². The predicted octanol–water partition coefficient (Wildman–Crippen LogP) is 4.77. The van der Waals surface area contributed by atoms with Crippen molar-refractivity contribution < 1.29 is 27.8 Å². The highest BCUT2D eigenvalue weighted by Crippen LogP contribution is 2.43. The number of rotatable bonds is 4. The zero-order valence-corrected chi connectivity index (χ0v) is 19.5.